The van der Waals surface area contributed by atoms with Gasteiger partial charge in [0.15, 0.2) is 0 Å². The molecule has 0 aromatic heterocycles. The summed E-state index contributed by atoms with van der Waals surface area (Å²) >= 11 is 8.39. The van der Waals surface area contributed by atoms with Crippen LogP contribution in [0.5, 0.6) is 0 Å². The monoisotopic (exact) mass is 513 g/mol. The summed E-state index contributed by atoms with van der Waals surface area (Å²) in [7, 11) is 0. The van der Waals surface area contributed by atoms with Gasteiger partial charge in [-0.05, 0) is 55.0 Å². The van der Waals surface area contributed by atoms with E-state index in [1.165, 1.54) is 10.6 Å². The summed E-state index contributed by atoms with van der Waals surface area (Å²) in [6.07, 6.45) is 3.28. The number of hydrogen-bond donors (Lipinski definition) is 1. The van der Waals surface area contributed by atoms with Gasteiger partial charge in [0.05, 0.1) is 23.9 Å². The minimum atomic E-state index is 0.0139. The first-order valence-corrected chi connectivity index (χ1v) is 13.7. The lowest BCUT2D eigenvalue weighted by Gasteiger charge is -2.30. The molecule has 186 valence electrons. The van der Waals surface area contributed by atoms with E-state index in [0.29, 0.717) is 13.0 Å². The molecule has 5 rings (SSSR count). The van der Waals surface area contributed by atoms with E-state index >= 15 is 0 Å². The lowest BCUT2D eigenvalue weighted by Crippen LogP contribution is -2.36. The molecule has 0 bridgehead atoms. The van der Waals surface area contributed by atoms with Crippen LogP contribution in [0.1, 0.15) is 37.2 Å². The third kappa shape index (κ3) is 5.96. The minimum Gasteiger partial charge on any atom is -0.378 e. The van der Waals surface area contributed by atoms with Crippen LogP contribution in [0.15, 0.2) is 52.3 Å². The van der Waals surface area contributed by atoms with E-state index in [9.17, 15) is 9.59 Å². The maximum absolute atomic E-state index is 12.6. The summed E-state index contributed by atoms with van der Waals surface area (Å²) in [5.74, 6) is 0.589. The Morgan fingerprint density at radius 1 is 1.11 bits per heavy atom. The quantitative estimate of drug-likeness (QED) is 0.498. The third-order valence-electron chi connectivity index (χ3n) is 7.02. The Labute approximate surface area is 216 Å². The molecule has 1 N–H and O–H groups in total. The van der Waals surface area contributed by atoms with Gasteiger partial charge in [0.25, 0.3) is 0 Å². The molecule has 1 saturated carbocycles. The van der Waals surface area contributed by atoms with Crippen molar-refractivity contribution in [2.75, 3.05) is 50.8 Å². The molecule has 0 radical (unpaired) electrons. The van der Waals surface area contributed by atoms with Crippen LogP contribution in [-0.4, -0.2) is 62.7 Å². The van der Waals surface area contributed by atoms with Crippen molar-refractivity contribution in [3.8, 4) is 0 Å². The Kier molecular flexibility index (Phi) is 7.85. The zero-order valence-electron chi connectivity index (χ0n) is 19.9. The van der Waals surface area contributed by atoms with Gasteiger partial charge in [-0.25, -0.2) is 0 Å². The summed E-state index contributed by atoms with van der Waals surface area (Å²) in [6.45, 7) is 5.50. The van der Waals surface area contributed by atoms with Gasteiger partial charge in [-0.2, -0.15) is 0 Å². The largest absolute Gasteiger partial charge is 0.378 e. The molecule has 2 heterocycles. The molecular weight excluding hydrogens is 482 g/mol. The van der Waals surface area contributed by atoms with Crippen molar-refractivity contribution in [1.29, 1.82) is 0 Å². The second kappa shape index (κ2) is 11.2. The summed E-state index contributed by atoms with van der Waals surface area (Å²) in [6, 6.07) is 14.7. The highest BCUT2D eigenvalue weighted by Gasteiger charge is 2.43. The summed E-state index contributed by atoms with van der Waals surface area (Å²) in [4.78, 5) is 30.7. The molecule has 6 nitrogen and oxygen atoms in total. The Morgan fingerprint density at radius 3 is 2.71 bits per heavy atom. The second-order valence-corrected chi connectivity index (χ2v) is 10.9. The Hall–Kier alpha value is -2.22. The molecule has 2 aliphatic heterocycles. The number of rotatable bonds is 9. The van der Waals surface area contributed by atoms with Gasteiger partial charge < -0.3 is 19.9 Å². The number of benzene rings is 2. The highest BCUT2D eigenvalue weighted by Crippen LogP contribution is 2.49. The molecule has 3 aliphatic rings. The third-order valence-corrected chi connectivity index (χ3v) is 8.59. The maximum atomic E-state index is 12.6. The van der Waals surface area contributed by atoms with Crippen molar-refractivity contribution in [2.45, 2.75) is 41.4 Å². The van der Waals surface area contributed by atoms with Crippen molar-refractivity contribution in [3.63, 3.8) is 0 Å². The van der Waals surface area contributed by atoms with Crippen LogP contribution in [-0.2, 0) is 14.3 Å². The summed E-state index contributed by atoms with van der Waals surface area (Å²) in [5.41, 5.74) is 2.34. The van der Waals surface area contributed by atoms with Crippen molar-refractivity contribution < 1.29 is 14.3 Å². The number of carbonyl (C=O) groups excluding carboxylic acids is 2. The van der Waals surface area contributed by atoms with Gasteiger partial charge >= 0.3 is 0 Å². The summed E-state index contributed by atoms with van der Waals surface area (Å²) in [5, 5.41) is 3.78. The lowest BCUT2D eigenvalue weighted by molar-refractivity contribution is -0.127. The maximum Gasteiger partial charge on any atom is 0.223 e. The highest BCUT2D eigenvalue weighted by molar-refractivity contribution is 7.99. The number of carbonyl (C=O) groups is 2. The number of anilines is 1. The van der Waals surface area contributed by atoms with E-state index in [0.717, 1.165) is 74.1 Å². The Bertz CT molecular complexity index is 1080. The van der Waals surface area contributed by atoms with Crippen molar-refractivity contribution in [3.05, 3.63) is 53.1 Å². The molecule has 2 aromatic rings. The molecule has 1 aliphatic carbocycles. The van der Waals surface area contributed by atoms with E-state index < -0.39 is 0 Å². The predicted octanol–water partition coefficient (Wildman–Crippen LogP) is 4.56. The molecule has 8 heteroatoms. The number of morpholine rings is 1. The number of likely N-dealkylation sites (tertiary alicyclic amines) is 1. The van der Waals surface area contributed by atoms with Crippen LogP contribution >= 0.6 is 23.4 Å². The molecular formula is C27H32ClN3O3S. The van der Waals surface area contributed by atoms with E-state index in [-0.39, 0.29) is 23.7 Å². The normalized spacial score (nSPS) is 21.9. The van der Waals surface area contributed by atoms with Gasteiger partial charge in [-0.15, -0.1) is 0 Å². The van der Waals surface area contributed by atoms with Crippen LogP contribution in [0.3, 0.4) is 0 Å². The van der Waals surface area contributed by atoms with Crippen LogP contribution < -0.4 is 10.2 Å². The fourth-order valence-electron chi connectivity index (χ4n) is 4.96. The van der Waals surface area contributed by atoms with Gasteiger partial charge in [0.1, 0.15) is 0 Å². The van der Waals surface area contributed by atoms with E-state index in [1.807, 2.05) is 11.0 Å². The first-order valence-electron chi connectivity index (χ1n) is 12.5. The molecule has 2 unspecified atom stereocenters. The average molecular weight is 514 g/mol. The van der Waals surface area contributed by atoms with Crippen molar-refractivity contribution in [1.82, 2.24) is 10.2 Å². The Balaban J connectivity index is 1.14. The molecule has 3 fully saturated rings. The van der Waals surface area contributed by atoms with Crippen LogP contribution in [0.25, 0.3) is 0 Å². The number of para-hydroxylation sites is 1. The molecule has 2 atom stereocenters. The molecule has 2 saturated heterocycles. The predicted molar refractivity (Wildman–Crippen MR) is 139 cm³/mol. The van der Waals surface area contributed by atoms with Gasteiger partial charge in [0.2, 0.25) is 11.8 Å². The standard InChI is InChI=1S/C27H32ClN3O3S/c28-22-17-19(20-18-21(20)27(33)29-10-4-12-31-11-3-7-26(31)32)8-9-24(22)35-25-6-2-1-5-23(25)30-13-15-34-16-14-30/h1-2,5-6,8-9,17,20-21H,3-4,7,10-16,18H2,(H,29,33). The zero-order chi connectivity index (χ0) is 24.2. The smallest absolute Gasteiger partial charge is 0.223 e. The van der Waals surface area contributed by atoms with E-state index in [1.54, 1.807) is 11.8 Å². The number of ether oxygens (including phenoxy) is 1. The first-order chi connectivity index (χ1) is 17.1. The fourth-order valence-corrected chi connectivity index (χ4v) is 6.25. The topological polar surface area (TPSA) is 61.9 Å². The van der Waals surface area contributed by atoms with Crippen LogP contribution in [0.4, 0.5) is 5.69 Å². The van der Waals surface area contributed by atoms with Crippen molar-refractivity contribution >= 4 is 40.9 Å². The Morgan fingerprint density at radius 2 is 1.94 bits per heavy atom. The number of nitrogens with one attached hydrogen (secondary N) is 1. The van der Waals surface area contributed by atoms with Crippen molar-refractivity contribution in [2.24, 2.45) is 5.92 Å². The van der Waals surface area contributed by atoms with Crippen LogP contribution in [0.2, 0.25) is 5.02 Å². The number of hydrogen-bond acceptors (Lipinski definition) is 5. The number of amides is 2. The van der Waals surface area contributed by atoms with E-state index in [2.05, 4.69) is 46.6 Å². The first kappa shape index (κ1) is 24.5. The zero-order valence-corrected chi connectivity index (χ0v) is 21.5. The lowest BCUT2D eigenvalue weighted by atomic mass is 10.1. The molecule has 0 spiro atoms. The molecule has 2 aromatic carbocycles. The fraction of sp³-hybridized carbons (Fsp3) is 0.481. The molecule has 2 amide bonds. The molecule has 35 heavy (non-hydrogen) atoms. The van der Waals surface area contributed by atoms with E-state index in [4.69, 9.17) is 16.3 Å². The second-order valence-electron chi connectivity index (χ2n) is 9.44. The van der Waals surface area contributed by atoms with Gasteiger partial charge in [0, 0.05) is 54.9 Å². The number of nitrogens with zero attached hydrogens (tertiary/aromatic N) is 2. The minimum absolute atomic E-state index is 0.0139. The van der Waals surface area contributed by atoms with Crippen LogP contribution in [0, 0.1) is 5.92 Å². The SMILES string of the molecule is O=C(NCCCN1CCCC1=O)C1CC1c1ccc(Sc2ccccc2N2CCOCC2)c(Cl)c1. The number of halogens is 1. The summed E-state index contributed by atoms with van der Waals surface area (Å²) < 4.78 is 5.51. The highest BCUT2D eigenvalue weighted by atomic mass is 35.5. The average Bonchev–Trinajstić information content (AvgIpc) is 3.59. The van der Waals surface area contributed by atoms with Gasteiger partial charge in [-0.3, -0.25) is 9.59 Å². The van der Waals surface area contributed by atoms with Gasteiger partial charge in [-0.1, -0.05) is 41.6 Å².